The lowest BCUT2D eigenvalue weighted by Gasteiger charge is -2.01. The SMILES string of the molecule is COc1ccccc1/N=C/c1ccn(C)n1. The van der Waals surface area contributed by atoms with Crippen LogP contribution < -0.4 is 4.74 Å². The van der Waals surface area contributed by atoms with Gasteiger partial charge in [-0.25, -0.2) is 0 Å². The fourth-order valence-electron chi connectivity index (χ4n) is 1.37. The summed E-state index contributed by atoms with van der Waals surface area (Å²) < 4.78 is 6.94. The lowest BCUT2D eigenvalue weighted by molar-refractivity contribution is 0.416. The van der Waals surface area contributed by atoms with Crippen molar-refractivity contribution >= 4 is 11.9 Å². The maximum absolute atomic E-state index is 5.20. The molecule has 0 aliphatic heterocycles. The number of hydrogen-bond acceptors (Lipinski definition) is 3. The smallest absolute Gasteiger partial charge is 0.144 e. The molecule has 0 N–H and O–H groups in total. The van der Waals surface area contributed by atoms with E-state index >= 15 is 0 Å². The van der Waals surface area contributed by atoms with Crippen LogP contribution in [0.5, 0.6) is 5.75 Å². The third-order valence-electron chi connectivity index (χ3n) is 2.16. The van der Waals surface area contributed by atoms with E-state index in [4.69, 9.17) is 4.74 Å². The molecule has 0 unspecified atom stereocenters. The molecule has 0 amide bonds. The van der Waals surface area contributed by atoms with Crippen molar-refractivity contribution in [3.8, 4) is 5.75 Å². The number of rotatable bonds is 3. The molecule has 0 aliphatic carbocycles. The molecule has 0 aliphatic rings. The van der Waals surface area contributed by atoms with Gasteiger partial charge in [-0.05, 0) is 18.2 Å². The van der Waals surface area contributed by atoms with Gasteiger partial charge in [-0.1, -0.05) is 12.1 Å². The van der Waals surface area contributed by atoms with Crippen LogP contribution in [-0.4, -0.2) is 23.1 Å². The number of aromatic nitrogens is 2. The minimum Gasteiger partial charge on any atom is -0.494 e. The van der Waals surface area contributed by atoms with Crippen molar-refractivity contribution in [1.29, 1.82) is 0 Å². The van der Waals surface area contributed by atoms with Crippen LogP contribution in [0.15, 0.2) is 41.5 Å². The summed E-state index contributed by atoms with van der Waals surface area (Å²) in [5.41, 5.74) is 1.63. The van der Waals surface area contributed by atoms with E-state index in [0.29, 0.717) is 0 Å². The Morgan fingerprint density at radius 3 is 2.81 bits per heavy atom. The molecule has 0 radical (unpaired) electrons. The summed E-state index contributed by atoms with van der Waals surface area (Å²) in [7, 11) is 3.51. The van der Waals surface area contributed by atoms with Crippen LogP contribution in [0.1, 0.15) is 5.69 Å². The van der Waals surface area contributed by atoms with E-state index in [2.05, 4.69) is 10.1 Å². The van der Waals surface area contributed by atoms with Crippen LogP contribution in [0.4, 0.5) is 5.69 Å². The highest BCUT2D eigenvalue weighted by atomic mass is 16.5. The number of nitrogens with zero attached hydrogens (tertiary/aromatic N) is 3. The molecule has 4 heteroatoms. The highest BCUT2D eigenvalue weighted by Gasteiger charge is 1.98. The van der Waals surface area contributed by atoms with Gasteiger partial charge in [-0.15, -0.1) is 0 Å². The van der Waals surface area contributed by atoms with Gasteiger partial charge in [0.15, 0.2) is 0 Å². The molecule has 0 saturated heterocycles. The molecule has 0 bridgehead atoms. The highest BCUT2D eigenvalue weighted by Crippen LogP contribution is 2.25. The summed E-state index contributed by atoms with van der Waals surface area (Å²) in [5, 5.41) is 4.21. The van der Waals surface area contributed by atoms with Crippen LogP contribution in [0, 0.1) is 0 Å². The molecule has 1 aromatic carbocycles. The number of hydrogen-bond donors (Lipinski definition) is 0. The molecule has 82 valence electrons. The number of methoxy groups -OCH3 is 1. The van der Waals surface area contributed by atoms with Crippen LogP contribution >= 0.6 is 0 Å². The number of aryl methyl sites for hydroxylation is 1. The Hall–Kier alpha value is -2.10. The molecule has 0 atom stereocenters. The van der Waals surface area contributed by atoms with E-state index in [9.17, 15) is 0 Å². The summed E-state index contributed by atoms with van der Waals surface area (Å²) in [6.07, 6.45) is 3.60. The van der Waals surface area contributed by atoms with Crippen molar-refractivity contribution < 1.29 is 4.74 Å². The predicted molar refractivity (Wildman–Crippen MR) is 63.5 cm³/mol. The van der Waals surface area contributed by atoms with Gasteiger partial charge in [0.1, 0.15) is 17.1 Å². The summed E-state index contributed by atoms with van der Waals surface area (Å²) in [4.78, 5) is 4.33. The molecule has 0 fully saturated rings. The average Bonchev–Trinajstić information content (AvgIpc) is 2.73. The molecule has 2 aromatic rings. The Morgan fingerprint density at radius 1 is 1.31 bits per heavy atom. The van der Waals surface area contributed by atoms with E-state index < -0.39 is 0 Å². The third-order valence-corrected chi connectivity index (χ3v) is 2.16. The van der Waals surface area contributed by atoms with E-state index in [1.165, 1.54) is 0 Å². The fourth-order valence-corrected chi connectivity index (χ4v) is 1.37. The Kier molecular flexibility index (Phi) is 3.00. The second-order valence-corrected chi connectivity index (χ2v) is 3.34. The molecule has 0 spiro atoms. The van der Waals surface area contributed by atoms with Gasteiger partial charge < -0.3 is 4.74 Å². The zero-order chi connectivity index (χ0) is 11.4. The zero-order valence-corrected chi connectivity index (χ0v) is 9.29. The monoisotopic (exact) mass is 215 g/mol. The maximum atomic E-state index is 5.20. The molecular formula is C12H13N3O. The number of benzene rings is 1. The fraction of sp³-hybridized carbons (Fsp3) is 0.167. The van der Waals surface area contributed by atoms with Gasteiger partial charge in [0.25, 0.3) is 0 Å². The van der Waals surface area contributed by atoms with Crippen molar-refractivity contribution in [3.05, 3.63) is 42.2 Å². The molecular weight excluding hydrogens is 202 g/mol. The van der Waals surface area contributed by atoms with Gasteiger partial charge in [0, 0.05) is 13.2 Å². The van der Waals surface area contributed by atoms with Crippen molar-refractivity contribution in [2.24, 2.45) is 12.0 Å². The van der Waals surface area contributed by atoms with Crippen molar-refractivity contribution in [2.45, 2.75) is 0 Å². The Bertz CT molecular complexity index is 502. The number of para-hydroxylation sites is 2. The molecule has 4 nitrogen and oxygen atoms in total. The second-order valence-electron chi connectivity index (χ2n) is 3.34. The summed E-state index contributed by atoms with van der Waals surface area (Å²) in [6, 6.07) is 9.52. The molecule has 1 heterocycles. The summed E-state index contributed by atoms with van der Waals surface area (Å²) in [6.45, 7) is 0. The van der Waals surface area contributed by atoms with Crippen molar-refractivity contribution in [3.63, 3.8) is 0 Å². The van der Waals surface area contributed by atoms with Crippen LogP contribution in [-0.2, 0) is 7.05 Å². The maximum Gasteiger partial charge on any atom is 0.144 e. The summed E-state index contributed by atoms with van der Waals surface area (Å²) in [5.74, 6) is 0.759. The number of aliphatic imine (C=N–C) groups is 1. The van der Waals surface area contributed by atoms with Crippen LogP contribution in [0.2, 0.25) is 0 Å². The normalized spacial score (nSPS) is 10.9. The van der Waals surface area contributed by atoms with Crippen LogP contribution in [0.3, 0.4) is 0 Å². The van der Waals surface area contributed by atoms with E-state index in [-0.39, 0.29) is 0 Å². The first-order valence-corrected chi connectivity index (χ1v) is 4.96. The number of ether oxygens (including phenoxy) is 1. The molecule has 16 heavy (non-hydrogen) atoms. The lowest BCUT2D eigenvalue weighted by Crippen LogP contribution is -1.89. The first kappa shape index (κ1) is 10.4. The minimum absolute atomic E-state index is 0.759. The van der Waals surface area contributed by atoms with Gasteiger partial charge in [0.05, 0.1) is 13.3 Å². The molecule has 2 rings (SSSR count). The second kappa shape index (κ2) is 4.61. The topological polar surface area (TPSA) is 39.4 Å². The Morgan fingerprint density at radius 2 is 2.12 bits per heavy atom. The zero-order valence-electron chi connectivity index (χ0n) is 9.29. The van der Waals surface area contributed by atoms with Crippen LogP contribution in [0.25, 0.3) is 0 Å². The van der Waals surface area contributed by atoms with E-state index in [0.717, 1.165) is 17.1 Å². The van der Waals surface area contributed by atoms with E-state index in [1.807, 2.05) is 43.6 Å². The lowest BCUT2D eigenvalue weighted by atomic mass is 10.3. The standard InChI is InChI=1S/C12H13N3O/c1-15-8-7-10(14-15)9-13-11-5-3-4-6-12(11)16-2/h3-9H,1-2H3/b13-9+. The predicted octanol–water partition coefficient (Wildman–Crippen LogP) is 2.18. The Balaban J connectivity index is 2.23. The van der Waals surface area contributed by atoms with Gasteiger partial charge >= 0.3 is 0 Å². The Labute approximate surface area is 94.2 Å². The quantitative estimate of drug-likeness (QED) is 0.736. The summed E-state index contributed by atoms with van der Waals surface area (Å²) >= 11 is 0. The van der Waals surface area contributed by atoms with Gasteiger partial charge in [0.2, 0.25) is 0 Å². The first-order chi connectivity index (χ1) is 7.79. The van der Waals surface area contributed by atoms with E-state index in [1.54, 1.807) is 18.0 Å². The highest BCUT2D eigenvalue weighted by molar-refractivity contribution is 5.80. The third kappa shape index (κ3) is 2.28. The average molecular weight is 215 g/mol. The molecule has 1 aromatic heterocycles. The van der Waals surface area contributed by atoms with Crippen molar-refractivity contribution in [1.82, 2.24) is 9.78 Å². The van der Waals surface area contributed by atoms with Gasteiger partial charge in [-0.3, -0.25) is 9.67 Å². The minimum atomic E-state index is 0.759. The van der Waals surface area contributed by atoms with Gasteiger partial charge in [-0.2, -0.15) is 5.10 Å². The van der Waals surface area contributed by atoms with Crippen molar-refractivity contribution in [2.75, 3.05) is 7.11 Å². The largest absolute Gasteiger partial charge is 0.494 e. The molecule has 0 saturated carbocycles. The first-order valence-electron chi connectivity index (χ1n) is 4.96.